The Hall–Kier alpha value is -3.35. The van der Waals surface area contributed by atoms with E-state index in [1.807, 2.05) is 31.2 Å². The van der Waals surface area contributed by atoms with Crippen LogP contribution in [0, 0.1) is 5.92 Å². The largest absolute Gasteiger partial charge is 0.480 e. The molecule has 35 heavy (non-hydrogen) atoms. The average Bonchev–Trinajstić information content (AvgIpc) is 3.14. The maximum atomic E-state index is 13.4. The lowest BCUT2D eigenvalue weighted by molar-refractivity contribution is -0.150. The van der Waals surface area contributed by atoms with Gasteiger partial charge in [-0.15, -0.1) is 0 Å². The van der Waals surface area contributed by atoms with E-state index in [9.17, 15) is 19.5 Å². The molecule has 0 saturated heterocycles. The van der Waals surface area contributed by atoms with Crippen LogP contribution in [0.2, 0.25) is 0 Å². The molecule has 4 rings (SSSR count). The Morgan fingerprint density at radius 1 is 1.06 bits per heavy atom. The SMILES string of the molecule is CC(C)N(CC(=O)O)C(=O)C1CCCCC1(C)NC(=O)OCC1c2ccccc2-c2ccccc21. The van der Waals surface area contributed by atoms with Gasteiger partial charge in [-0.05, 0) is 55.9 Å². The maximum absolute atomic E-state index is 13.4. The number of carbonyl (C=O) groups excluding carboxylic acids is 2. The fraction of sp³-hybridized carbons (Fsp3) is 0.464. The first-order valence-electron chi connectivity index (χ1n) is 12.4. The number of benzene rings is 2. The molecule has 0 radical (unpaired) electrons. The number of ether oxygens (including phenoxy) is 1. The summed E-state index contributed by atoms with van der Waals surface area (Å²) >= 11 is 0. The van der Waals surface area contributed by atoms with Crippen LogP contribution in [0.3, 0.4) is 0 Å². The number of carbonyl (C=O) groups is 3. The number of hydrogen-bond donors (Lipinski definition) is 2. The Morgan fingerprint density at radius 3 is 2.23 bits per heavy atom. The molecule has 186 valence electrons. The van der Waals surface area contributed by atoms with Crippen molar-refractivity contribution in [2.45, 2.75) is 64.0 Å². The van der Waals surface area contributed by atoms with E-state index >= 15 is 0 Å². The van der Waals surface area contributed by atoms with Gasteiger partial charge in [-0.25, -0.2) is 4.79 Å². The second-order valence-corrected chi connectivity index (χ2v) is 10.1. The highest BCUT2D eigenvalue weighted by atomic mass is 16.5. The van der Waals surface area contributed by atoms with Gasteiger partial charge in [0.15, 0.2) is 0 Å². The molecule has 2 atom stereocenters. The quantitative estimate of drug-likeness (QED) is 0.596. The van der Waals surface area contributed by atoms with Gasteiger partial charge in [0.1, 0.15) is 13.2 Å². The number of aliphatic carboxylic acids is 1. The van der Waals surface area contributed by atoms with E-state index in [0.717, 1.165) is 35.1 Å². The van der Waals surface area contributed by atoms with Crippen molar-refractivity contribution in [2.75, 3.05) is 13.2 Å². The Morgan fingerprint density at radius 2 is 1.66 bits per heavy atom. The Labute approximate surface area is 206 Å². The summed E-state index contributed by atoms with van der Waals surface area (Å²) in [5, 5.41) is 12.3. The predicted octanol–water partition coefficient (Wildman–Crippen LogP) is 4.80. The van der Waals surface area contributed by atoms with Crippen molar-refractivity contribution in [1.82, 2.24) is 10.2 Å². The molecule has 0 spiro atoms. The summed E-state index contributed by atoms with van der Waals surface area (Å²) in [6.45, 7) is 5.33. The van der Waals surface area contributed by atoms with Crippen LogP contribution in [-0.2, 0) is 14.3 Å². The lowest BCUT2D eigenvalue weighted by atomic mass is 9.73. The number of fused-ring (bicyclic) bond motifs is 3. The Bertz CT molecular complexity index is 1070. The summed E-state index contributed by atoms with van der Waals surface area (Å²) in [5.41, 5.74) is 3.80. The van der Waals surface area contributed by atoms with Crippen LogP contribution in [0.1, 0.15) is 63.5 Å². The van der Waals surface area contributed by atoms with Crippen molar-refractivity contribution in [2.24, 2.45) is 5.92 Å². The summed E-state index contributed by atoms with van der Waals surface area (Å²) in [7, 11) is 0. The van der Waals surface area contributed by atoms with Crippen molar-refractivity contribution < 1.29 is 24.2 Å². The molecule has 2 aliphatic carbocycles. The number of hydrogen-bond acceptors (Lipinski definition) is 4. The molecule has 2 amide bonds. The van der Waals surface area contributed by atoms with E-state index in [4.69, 9.17) is 4.74 Å². The zero-order valence-corrected chi connectivity index (χ0v) is 20.6. The summed E-state index contributed by atoms with van der Waals surface area (Å²) in [4.78, 5) is 39.1. The van der Waals surface area contributed by atoms with Gasteiger partial charge in [-0.3, -0.25) is 9.59 Å². The molecular weight excluding hydrogens is 444 g/mol. The van der Waals surface area contributed by atoms with Crippen LogP contribution in [-0.4, -0.2) is 52.7 Å². The fourth-order valence-electron chi connectivity index (χ4n) is 5.61. The highest BCUT2D eigenvalue weighted by molar-refractivity contribution is 5.85. The van der Waals surface area contributed by atoms with Crippen LogP contribution < -0.4 is 5.32 Å². The van der Waals surface area contributed by atoms with E-state index < -0.39 is 23.5 Å². The van der Waals surface area contributed by atoms with Crippen molar-refractivity contribution >= 4 is 18.0 Å². The molecule has 1 fully saturated rings. The molecule has 0 aromatic heterocycles. The van der Waals surface area contributed by atoms with Crippen molar-refractivity contribution in [3.8, 4) is 11.1 Å². The monoisotopic (exact) mass is 478 g/mol. The third kappa shape index (κ3) is 5.04. The van der Waals surface area contributed by atoms with E-state index in [-0.39, 0.29) is 31.0 Å². The van der Waals surface area contributed by atoms with E-state index in [0.29, 0.717) is 12.8 Å². The van der Waals surface area contributed by atoms with E-state index in [2.05, 4.69) is 29.6 Å². The van der Waals surface area contributed by atoms with Crippen LogP contribution in [0.25, 0.3) is 11.1 Å². The summed E-state index contributed by atoms with van der Waals surface area (Å²) < 4.78 is 5.74. The van der Waals surface area contributed by atoms with Crippen LogP contribution in [0.4, 0.5) is 4.79 Å². The molecular formula is C28H34N2O5. The number of carboxylic acid groups (broad SMARTS) is 1. The Kier molecular flexibility index (Phi) is 7.15. The third-order valence-electron chi connectivity index (χ3n) is 7.45. The molecule has 2 aromatic rings. The van der Waals surface area contributed by atoms with Gasteiger partial charge in [0, 0.05) is 12.0 Å². The minimum absolute atomic E-state index is 0.0447. The lowest BCUT2D eigenvalue weighted by Gasteiger charge is -2.43. The minimum Gasteiger partial charge on any atom is -0.480 e. The van der Waals surface area contributed by atoms with Gasteiger partial charge >= 0.3 is 12.1 Å². The predicted molar refractivity (Wildman–Crippen MR) is 133 cm³/mol. The number of rotatable bonds is 7. The first-order chi connectivity index (χ1) is 16.7. The van der Waals surface area contributed by atoms with E-state index in [1.54, 1.807) is 13.8 Å². The Balaban J connectivity index is 1.47. The van der Waals surface area contributed by atoms with Gasteiger partial charge in [-0.1, -0.05) is 61.4 Å². The minimum atomic E-state index is -1.05. The molecule has 2 unspecified atom stereocenters. The number of amides is 2. The number of nitrogens with zero attached hydrogens (tertiary/aromatic N) is 1. The van der Waals surface area contributed by atoms with Gasteiger partial charge in [0.2, 0.25) is 5.91 Å². The first kappa shape index (κ1) is 24.8. The first-order valence-corrected chi connectivity index (χ1v) is 12.4. The third-order valence-corrected chi connectivity index (χ3v) is 7.45. The standard InChI is InChI=1S/C28H34N2O5/c1-18(2)30(16-25(31)32)26(33)24-14-8-9-15-28(24,3)29-27(34)35-17-23-21-12-6-4-10-19(21)20-11-5-7-13-22(20)23/h4-7,10-13,18,23-24H,8-9,14-17H2,1-3H3,(H,29,34)(H,31,32). The zero-order valence-electron chi connectivity index (χ0n) is 20.6. The normalized spacial score (nSPS) is 21.2. The van der Waals surface area contributed by atoms with Crippen LogP contribution in [0.15, 0.2) is 48.5 Å². The lowest BCUT2D eigenvalue weighted by Crippen LogP contribution is -2.59. The topological polar surface area (TPSA) is 95.9 Å². The van der Waals surface area contributed by atoms with Crippen molar-refractivity contribution in [3.05, 3.63) is 59.7 Å². The molecule has 2 N–H and O–H groups in total. The molecule has 7 nitrogen and oxygen atoms in total. The summed E-state index contributed by atoms with van der Waals surface area (Å²) in [6.07, 6.45) is 2.42. The smallest absolute Gasteiger partial charge is 0.407 e. The van der Waals surface area contributed by atoms with Gasteiger partial charge in [-0.2, -0.15) is 0 Å². The van der Waals surface area contributed by atoms with E-state index in [1.165, 1.54) is 4.90 Å². The molecule has 2 aromatic carbocycles. The van der Waals surface area contributed by atoms with Crippen LogP contribution >= 0.6 is 0 Å². The molecule has 7 heteroatoms. The average molecular weight is 479 g/mol. The fourth-order valence-corrected chi connectivity index (χ4v) is 5.61. The highest BCUT2D eigenvalue weighted by Gasteiger charge is 2.45. The number of alkyl carbamates (subject to hydrolysis) is 1. The van der Waals surface area contributed by atoms with Crippen molar-refractivity contribution in [3.63, 3.8) is 0 Å². The second kappa shape index (κ2) is 10.1. The van der Waals surface area contributed by atoms with Gasteiger partial charge < -0.3 is 20.1 Å². The summed E-state index contributed by atoms with van der Waals surface area (Å²) in [6, 6.07) is 16.1. The molecule has 1 saturated carbocycles. The van der Waals surface area contributed by atoms with Gasteiger partial charge in [0.05, 0.1) is 11.5 Å². The summed E-state index contributed by atoms with van der Waals surface area (Å²) in [5.74, 6) is -1.83. The molecule has 0 aliphatic heterocycles. The highest BCUT2D eigenvalue weighted by Crippen LogP contribution is 2.44. The number of carboxylic acids is 1. The molecule has 0 heterocycles. The zero-order chi connectivity index (χ0) is 25.2. The maximum Gasteiger partial charge on any atom is 0.407 e. The van der Waals surface area contributed by atoms with Crippen LogP contribution in [0.5, 0.6) is 0 Å². The number of nitrogens with one attached hydrogen (secondary N) is 1. The molecule has 2 aliphatic rings. The molecule has 0 bridgehead atoms. The second-order valence-electron chi connectivity index (χ2n) is 10.1. The van der Waals surface area contributed by atoms with Gasteiger partial charge in [0.25, 0.3) is 0 Å². The van der Waals surface area contributed by atoms with Crippen molar-refractivity contribution in [1.29, 1.82) is 0 Å².